The lowest BCUT2D eigenvalue weighted by Crippen LogP contribution is -2.29. The lowest BCUT2D eigenvalue weighted by atomic mass is 9.85. The van der Waals surface area contributed by atoms with Gasteiger partial charge in [0.15, 0.2) is 11.6 Å². The SMILES string of the molecule is CC(C)=CC[C@@H](OC(=O)CC1CC1)C1=CC(=O)c2c(O)ccc(O)c2C1=O. The number of esters is 1. The molecule has 3 rings (SSSR count). The molecule has 0 saturated heterocycles. The van der Waals surface area contributed by atoms with Crippen molar-refractivity contribution in [1.82, 2.24) is 0 Å². The molecule has 0 amide bonds. The first-order chi connectivity index (χ1) is 12.8. The van der Waals surface area contributed by atoms with Gasteiger partial charge >= 0.3 is 5.97 Å². The lowest BCUT2D eigenvalue weighted by molar-refractivity contribution is -0.147. The number of Topliss-reactive ketones (excluding diaryl/α,β-unsaturated/α-hetero) is 1. The number of phenols is 2. The van der Waals surface area contributed by atoms with Crippen molar-refractivity contribution < 1.29 is 29.3 Å². The number of aromatic hydroxyl groups is 2. The minimum Gasteiger partial charge on any atom is -0.507 e. The zero-order valence-electron chi connectivity index (χ0n) is 15.3. The number of carbonyl (C=O) groups excluding carboxylic acids is 3. The highest BCUT2D eigenvalue weighted by molar-refractivity contribution is 6.27. The second-order valence-corrected chi connectivity index (χ2v) is 7.29. The molecule has 0 unspecified atom stereocenters. The number of phenolic OH excluding ortho intramolecular Hbond substituents is 2. The van der Waals surface area contributed by atoms with Crippen molar-refractivity contribution in [3.05, 3.63) is 46.6 Å². The van der Waals surface area contributed by atoms with Crippen molar-refractivity contribution in [3.63, 3.8) is 0 Å². The van der Waals surface area contributed by atoms with E-state index in [9.17, 15) is 24.6 Å². The maximum absolute atomic E-state index is 12.9. The van der Waals surface area contributed by atoms with Crippen LogP contribution in [-0.4, -0.2) is 33.9 Å². The molecule has 0 bridgehead atoms. The predicted molar refractivity (Wildman–Crippen MR) is 97.8 cm³/mol. The highest BCUT2D eigenvalue weighted by Gasteiger charge is 2.36. The molecule has 0 radical (unpaired) electrons. The molecule has 142 valence electrons. The molecule has 1 fully saturated rings. The van der Waals surface area contributed by atoms with Crippen LogP contribution in [0.1, 0.15) is 60.2 Å². The Labute approximate surface area is 157 Å². The summed E-state index contributed by atoms with van der Waals surface area (Å²) in [6.07, 6.45) is 4.53. The summed E-state index contributed by atoms with van der Waals surface area (Å²) in [5.74, 6) is -2.06. The van der Waals surface area contributed by atoms with E-state index in [1.165, 1.54) is 0 Å². The third-order valence-electron chi connectivity index (χ3n) is 4.70. The van der Waals surface area contributed by atoms with E-state index in [0.717, 1.165) is 36.6 Å². The molecule has 2 N–H and O–H groups in total. The Bertz CT molecular complexity index is 869. The van der Waals surface area contributed by atoms with Crippen molar-refractivity contribution in [1.29, 1.82) is 0 Å². The summed E-state index contributed by atoms with van der Waals surface area (Å²) in [5, 5.41) is 20.0. The van der Waals surface area contributed by atoms with Crippen LogP contribution >= 0.6 is 0 Å². The van der Waals surface area contributed by atoms with Gasteiger partial charge in [-0.15, -0.1) is 0 Å². The summed E-state index contributed by atoms with van der Waals surface area (Å²) in [6, 6.07) is 2.32. The Balaban J connectivity index is 1.94. The summed E-state index contributed by atoms with van der Waals surface area (Å²) in [6.45, 7) is 3.76. The molecule has 1 saturated carbocycles. The van der Waals surface area contributed by atoms with Crippen molar-refractivity contribution in [2.24, 2.45) is 5.92 Å². The van der Waals surface area contributed by atoms with E-state index >= 15 is 0 Å². The second-order valence-electron chi connectivity index (χ2n) is 7.29. The Morgan fingerprint density at radius 1 is 1.19 bits per heavy atom. The average molecular weight is 370 g/mol. The first kappa shape index (κ1) is 18.9. The molecule has 0 aromatic heterocycles. The fraction of sp³-hybridized carbons (Fsp3) is 0.381. The molecule has 1 aromatic carbocycles. The van der Waals surface area contributed by atoms with Crippen LogP contribution in [0.4, 0.5) is 0 Å². The molecule has 0 spiro atoms. The summed E-state index contributed by atoms with van der Waals surface area (Å²) >= 11 is 0. The summed E-state index contributed by atoms with van der Waals surface area (Å²) in [4.78, 5) is 37.6. The Morgan fingerprint density at radius 3 is 2.41 bits per heavy atom. The number of allylic oxidation sites excluding steroid dienone is 2. The van der Waals surface area contributed by atoms with Crippen LogP contribution in [-0.2, 0) is 9.53 Å². The maximum atomic E-state index is 12.9. The molecule has 2 aliphatic carbocycles. The van der Waals surface area contributed by atoms with Gasteiger partial charge in [-0.3, -0.25) is 14.4 Å². The molecule has 0 aliphatic heterocycles. The van der Waals surface area contributed by atoms with Crippen molar-refractivity contribution in [2.45, 2.75) is 45.6 Å². The fourth-order valence-electron chi connectivity index (χ4n) is 3.07. The quantitative estimate of drug-likeness (QED) is 0.452. The van der Waals surface area contributed by atoms with Gasteiger partial charge < -0.3 is 14.9 Å². The van der Waals surface area contributed by atoms with Crippen molar-refractivity contribution >= 4 is 17.5 Å². The highest BCUT2D eigenvalue weighted by Crippen LogP contribution is 2.37. The van der Waals surface area contributed by atoms with E-state index in [4.69, 9.17) is 4.74 Å². The van der Waals surface area contributed by atoms with Crippen LogP contribution in [0.15, 0.2) is 35.4 Å². The van der Waals surface area contributed by atoms with Gasteiger partial charge in [-0.25, -0.2) is 0 Å². The van der Waals surface area contributed by atoms with Crippen LogP contribution in [0, 0.1) is 5.92 Å². The van der Waals surface area contributed by atoms with Gasteiger partial charge in [-0.1, -0.05) is 11.6 Å². The number of ether oxygens (including phenoxy) is 1. The van der Waals surface area contributed by atoms with E-state index in [1.807, 2.05) is 19.9 Å². The Kier molecular flexibility index (Phi) is 5.17. The largest absolute Gasteiger partial charge is 0.507 e. The van der Waals surface area contributed by atoms with Gasteiger partial charge in [0.25, 0.3) is 0 Å². The number of ketones is 2. The van der Waals surface area contributed by atoms with Gasteiger partial charge in [0.05, 0.1) is 11.1 Å². The first-order valence-corrected chi connectivity index (χ1v) is 8.96. The minimum absolute atomic E-state index is 0.00930. The van der Waals surface area contributed by atoms with Gasteiger partial charge in [0.2, 0.25) is 0 Å². The van der Waals surface area contributed by atoms with E-state index in [2.05, 4.69) is 0 Å². The molecule has 6 nitrogen and oxygen atoms in total. The summed E-state index contributed by atoms with van der Waals surface area (Å²) < 4.78 is 5.53. The third-order valence-corrected chi connectivity index (χ3v) is 4.70. The molecule has 2 aliphatic rings. The van der Waals surface area contributed by atoms with Crippen LogP contribution in [0.3, 0.4) is 0 Å². The van der Waals surface area contributed by atoms with Gasteiger partial charge in [0, 0.05) is 18.4 Å². The van der Waals surface area contributed by atoms with Crippen molar-refractivity contribution in [2.75, 3.05) is 0 Å². The third kappa shape index (κ3) is 4.10. The molecule has 6 heteroatoms. The Hall–Kier alpha value is -2.89. The second kappa shape index (κ2) is 7.39. The topological polar surface area (TPSA) is 101 Å². The van der Waals surface area contributed by atoms with E-state index in [-0.39, 0.29) is 28.9 Å². The Morgan fingerprint density at radius 2 is 1.81 bits per heavy atom. The van der Waals surface area contributed by atoms with E-state index in [0.29, 0.717) is 12.3 Å². The number of benzene rings is 1. The number of rotatable bonds is 6. The van der Waals surface area contributed by atoms with Gasteiger partial charge in [-0.05, 0) is 50.8 Å². The zero-order chi connectivity index (χ0) is 19.7. The van der Waals surface area contributed by atoms with Crippen LogP contribution in [0.25, 0.3) is 0 Å². The smallest absolute Gasteiger partial charge is 0.306 e. The molecule has 27 heavy (non-hydrogen) atoms. The summed E-state index contributed by atoms with van der Waals surface area (Å²) in [7, 11) is 0. The number of fused-ring (bicyclic) bond motifs is 1. The zero-order valence-corrected chi connectivity index (χ0v) is 15.3. The summed E-state index contributed by atoms with van der Waals surface area (Å²) in [5.41, 5.74) is 0.510. The number of hydrogen-bond donors (Lipinski definition) is 2. The van der Waals surface area contributed by atoms with Gasteiger partial charge in [-0.2, -0.15) is 0 Å². The van der Waals surface area contributed by atoms with Crippen LogP contribution in [0.2, 0.25) is 0 Å². The fourth-order valence-corrected chi connectivity index (χ4v) is 3.07. The van der Waals surface area contributed by atoms with E-state index in [1.54, 1.807) is 0 Å². The normalized spacial score (nSPS) is 17.0. The average Bonchev–Trinajstić information content (AvgIpc) is 3.40. The van der Waals surface area contributed by atoms with Gasteiger partial charge in [0.1, 0.15) is 17.6 Å². The van der Waals surface area contributed by atoms with Crippen LogP contribution < -0.4 is 0 Å². The molecule has 1 atom stereocenters. The molecular formula is C21H22O6. The highest BCUT2D eigenvalue weighted by atomic mass is 16.5. The standard InChI is InChI=1S/C21H22O6/c1-11(2)3-8-17(27-18(25)9-12-4-5-12)13-10-16(24)19-14(22)6-7-15(23)20(19)21(13)26/h3,6-7,10,12,17,22-23H,4-5,8-9H2,1-2H3/t17-/m1/s1. The molecule has 0 heterocycles. The lowest BCUT2D eigenvalue weighted by Gasteiger charge is -2.23. The monoisotopic (exact) mass is 370 g/mol. The minimum atomic E-state index is -0.919. The maximum Gasteiger partial charge on any atom is 0.306 e. The van der Waals surface area contributed by atoms with Crippen LogP contribution in [0.5, 0.6) is 11.5 Å². The first-order valence-electron chi connectivity index (χ1n) is 8.96. The molecular weight excluding hydrogens is 348 g/mol. The number of hydrogen-bond acceptors (Lipinski definition) is 6. The molecule has 1 aromatic rings. The predicted octanol–water partition coefficient (Wildman–Crippen LogP) is 3.47. The van der Waals surface area contributed by atoms with Crippen molar-refractivity contribution in [3.8, 4) is 11.5 Å². The number of carbonyl (C=O) groups is 3. The van der Waals surface area contributed by atoms with E-state index < -0.39 is 29.4 Å².